The molecule has 0 unspecified atom stereocenters. The molecule has 0 atom stereocenters. The number of benzene rings is 2. The Kier molecular flexibility index (Phi) is 4.69. The highest BCUT2D eigenvalue weighted by atomic mass is 32.2. The van der Waals surface area contributed by atoms with Gasteiger partial charge in [-0.3, -0.25) is 0 Å². The molecule has 0 aromatic heterocycles. The Morgan fingerprint density at radius 1 is 1.10 bits per heavy atom. The summed E-state index contributed by atoms with van der Waals surface area (Å²) >= 11 is 4.86. The van der Waals surface area contributed by atoms with Crippen molar-refractivity contribution in [2.24, 2.45) is 5.73 Å². The summed E-state index contributed by atoms with van der Waals surface area (Å²) in [4.78, 5) is 0.211. The highest BCUT2D eigenvalue weighted by Gasteiger charge is 2.16. The van der Waals surface area contributed by atoms with Crippen LogP contribution in [0.25, 0.3) is 0 Å². The average molecular weight is 323 g/mol. The molecule has 2 rings (SSSR count). The first-order chi connectivity index (χ1) is 9.87. The first-order valence-corrected chi connectivity index (χ1v) is 8.43. The molecule has 0 bridgehead atoms. The van der Waals surface area contributed by atoms with Gasteiger partial charge in [0.05, 0.1) is 11.5 Å². The number of thiocarbonyl (C=S) groups is 1. The van der Waals surface area contributed by atoms with E-state index < -0.39 is 15.7 Å². The molecule has 2 aromatic rings. The Balaban J connectivity index is 2.20. The van der Waals surface area contributed by atoms with Gasteiger partial charge in [-0.1, -0.05) is 48.6 Å². The van der Waals surface area contributed by atoms with Crippen molar-refractivity contribution in [1.29, 1.82) is 0 Å². The maximum atomic E-state index is 13.5. The van der Waals surface area contributed by atoms with Crippen LogP contribution < -0.4 is 5.73 Å². The highest BCUT2D eigenvalue weighted by molar-refractivity contribution is 7.89. The van der Waals surface area contributed by atoms with Gasteiger partial charge in [0.25, 0.3) is 0 Å². The lowest BCUT2D eigenvalue weighted by Crippen LogP contribution is -2.12. The number of halogens is 1. The molecular weight excluding hydrogens is 309 g/mol. The van der Waals surface area contributed by atoms with Crippen molar-refractivity contribution < 1.29 is 12.8 Å². The fourth-order valence-electron chi connectivity index (χ4n) is 1.97. The van der Waals surface area contributed by atoms with Crippen molar-refractivity contribution in [1.82, 2.24) is 0 Å². The molecule has 0 fully saturated rings. The van der Waals surface area contributed by atoms with Gasteiger partial charge >= 0.3 is 0 Å². The zero-order chi connectivity index (χ0) is 15.5. The van der Waals surface area contributed by atoms with E-state index in [9.17, 15) is 12.8 Å². The summed E-state index contributed by atoms with van der Waals surface area (Å²) in [6.07, 6.45) is 0. The third-order valence-electron chi connectivity index (χ3n) is 2.93. The second-order valence-electron chi connectivity index (χ2n) is 4.69. The molecule has 0 heterocycles. The predicted octanol–water partition coefficient (Wildman–Crippen LogP) is 2.57. The maximum absolute atomic E-state index is 13.5. The molecule has 0 saturated carbocycles. The van der Waals surface area contributed by atoms with Crippen LogP contribution >= 0.6 is 12.2 Å². The largest absolute Gasteiger partial charge is 0.389 e. The van der Waals surface area contributed by atoms with Gasteiger partial charge < -0.3 is 5.73 Å². The van der Waals surface area contributed by atoms with Crippen LogP contribution in [0.3, 0.4) is 0 Å². The molecule has 0 aliphatic heterocycles. The van der Waals surface area contributed by atoms with Gasteiger partial charge in [0.1, 0.15) is 10.8 Å². The van der Waals surface area contributed by atoms with Crippen molar-refractivity contribution in [3.8, 4) is 0 Å². The molecule has 3 nitrogen and oxygen atoms in total. The molecule has 0 radical (unpaired) electrons. The van der Waals surface area contributed by atoms with E-state index in [1.165, 1.54) is 18.2 Å². The van der Waals surface area contributed by atoms with Crippen LogP contribution in [0.1, 0.15) is 16.7 Å². The predicted molar refractivity (Wildman–Crippen MR) is 85.1 cm³/mol. The van der Waals surface area contributed by atoms with Crippen LogP contribution in [0.2, 0.25) is 0 Å². The lowest BCUT2D eigenvalue weighted by molar-refractivity contribution is 0.586. The fraction of sp³-hybridized carbons (Fsp3) is 0.133. The van der Waals surface area contributed by atoms with Gasteiger partial charge in [-0.2, -0.15) is 0 Å². The Bertz CT molecular complexity index is 773. The zero-order valence-corrected chi connectivity index (χ0v) is 12.8. The summed E-state index contributed by atoms with van der Waals surface area (Å²) in [7, 11) is -3.48. The van der Waals surface area contributed by atoms with Crippen LogP contribution in [-0.2, 0) is 21.3 Å². The quantitative estimate of drug-likeness (QED) is 0.859. The van der Waals surface area contributed by atoms with E-state index in [0.29, 0.717) is 11.1 Å². The smallest absolute Gasteiger partial charge is 0.158 e. The Hall–Kier alpha value is -1.79. The normalized spacial score (nSPS) is 11.3. The first kappa shape index (κ1) is 15.6. The molecule has 2 N–H and O–H groups in total. The van der Waals surface area contributed by atoms with Crippen LogP contribution in [0.5, 0.6) is 0 Å². The summed E-state index contributed by atoms with van der Waals surface area (Å²) in [5.74, 6) is -1.03. The van der Waals surface area contributed by atoms with Crippen LogP contribution in [0, 0.1) is 5.82 Å². The second kappa shape index (κ2) is 6.32. The number of nitrogens with two attached hydrogens (primary N) is 1. The van der Waals surface area contributed by atoms with E-state index in [4.69, 9.17) is 18.0 Å². The van der Waals surface area contributed by atoms with E-state index >= 15 is 0 Å². The Morgan fingerprint density at radius 2 is 1.81 bits per heavy atom. The van der Waals surface area contributed by atoms with E-state index in [1.807, 2.05) is 0 Å². The highest BCUT2D eigenvalue weighted by Crippen LogP contribution is 2.16. The SMILES string of the molecule is NC(=S)c1cccc(CS(=O)(=O)Cc2ccccc2F)c1. The van der Waals surface area contributed by atoms with Gasteiger partial charge in [-0.25, -0.2) is 12.8 Å². The van der Waals surface area contributed by atoms with E-state index in [0.717, 1.165) is 0 Å². The first-order valence-electron chi connectivity index (χ1n) is 6.20. The molecule has 0 aliphatic rings. The van der Waals surface area contributed by atoms with Gasteiger partial charge in [0.2, 0.25) is 0 Å². The molecule has 0 aliphatic carbocycles. The average Bonchev–Trinajstić information content (AvgIpc) is 2.41. The molecule has 0 saturated heterocycles. The van der Waals surface area contributed by atoms with Crippen LogP contribution in [0.4, 0.5) is 4.39 Å². The van der Waals surface area contributed by atoms with Crippen LogP contribution in [0.15, 0.2) is 48.5 Å². The lowest BCUT2D eigenvalue weighted by Gasteiger charge is -2.07. The minimum Gasteiger partial charge on any atom is -0.389 e. The summed E-state index contributed by atoms with van der Waals surface area (Å²) in [6, 6.07) is 12.6. The third kappa shape index (κ3) is 4.34. The van der Waals surface area contributed by atoms with E-state index in [2.05, 4.69) is 0 Å². The van der Waals surface area contributed by atoms with Crippen molar-refractivity contribution in [3.05, 3.63) is 71.0 Å². The van der Waals surface area contributed by atoms with Gasteiger partial charge in [-0.05, 0) is 17.7 Å². The van der Waals surface area contributed by atoms with Crippen molar-refractivity contribution in [3.63, 3.8) is 0 Å². The monoisotopic (exact) mass is 323 g/mol. The standard InChI is InChI=1S/C15H14FNO2S2/c16-14-7-2-1-5-13(14)10-21(18,19)9-11-4-3-6-12(8-11)15(17)20/h1-8H,9-10H2,(H2,17,20). The minimum absolute atomic E-state index is 0.169. The molecule has 110 valence electrons. The zero-order valence-electron chi connectivity index (χ0n) is 11.1. The lowest BCUT2D eigenvalue weighted by atomic mass is 10.1. The van der Waals surface area contributed by atoms with Crippen molar-refractivity contribution in [2.75, 3.05) is 0 Å². The summed E-state index contributed by atoms with van der Waals surface area (Å²) in [6.45, 7) is 0. The number of hydrogen-bond donors (Lipinski definition) is 1. The molecule has 2 aromatic carbocycles. The Labute approximate surface area is 128 Å². The summed E-state index contributed by atoms with van der Waals surface area (Å²) < 4.78 is 37.9. The molecule has 6 heteroatoms. The van der Waals surface area contributed by atoms with E-state index in [-0.39, 0.29) is 22.1 Å². The molecular formula is C15H14FNO2S2. The van der Waals surface area contributed by atoms with Gasteiger partial charge in [-0.15, -0.1) is 0 Å². The van der Waals surface area contributed by atoms with Gasteiger partial charge in [0.15, 0.2) is 9.84 Å². The molecule has 0 amide bonds. The van der Waals surface area contributed by atoms with Crippen molar-refractivity contribution in [2.45, 2.75) is 11.5 Å². The summed E-state index contributed by atoms with van der Waals surface area (Å²) in [5.41, 5.74) is 6.89. The number of rotatable bonds is 5. The second-order valence-corrected chi connectivity index (χ2v) is 7.19. The van der Waals surface area contributed by atoms with E-state index in [1.54, 1.807) is 30.3 Å². The number of hydrogen-bond acceptors (Lipinski definition) is 3. The minimum atomic E-state index is -3.48. The molecule has 0 spiro atoms. The topological polar surface area (TPSA) is 60.2 Å². The van der Waals surface area contributed by atoms with Crippen molar-refractivity contribution >= 4 is 27.0 Å². The van der Waals surface area contributed by atoms with Gasteiger partial charge in [0, 0.05) is 11.1 Å². The maximum Gasteiger partial charge on any atom is 0.158 e. The Morgan fingerprint density at radius 3 is 2.48 bits per heavy atom. The third-order valence-corrected chi connectivity index (χ3v) is 4.69. The number of sulfone groups is 1. The van der Waals surface area contributed by atoms with Crippen LogP contribution in [-0.4, -0.2) is 13.4 Å². The summed E-state index contributed by atoms with van der Waals surface area (Å²) in [5, 5.41) is 0. The molecule has 21 heavy (non-hydrogen) atoms. The fourth-order valence-corrected chi connectivity index (χ4v) is 3.60.